The molecule has 0 fully saturated rings. The topological polar surface area (TPSA) is 146 Å². The van der Waals surface area contributed by atoms with Crippen molar-refractivity contribution in [2.24, 2.45) is 0 Å². The van der Waals surface area contributed by atoms with Crippen LogP contribution in [0.15, 0.2) is 128 Å². The minimum absolute atomic E-state index is 0.221. The Morgan fingerprint density at radius 2 is 1.33 bits per heavy atom. The van der Waals surface area contributed by atoms with Crippen LogP contribution in [0, 0.1) is 0 Å². The second-order valence-corrected chi connectivity index (χ2v) is 9.47. The second kappa shape index (κ2) is 12.1. The molecule has 43 heavy (non-hydrogen) atoms. The molecule has 3 aromatic carbocycles. The predicted octanol–water partition coefficient (Wildman–Crippen LogP) is 7.43. The first kappa shape index (κ1) is 26.9. The van der Waals surface area contributed by atoms with Crippen LogP contribution in [-0.2, 0) is 0 Å². The number of nitrogen functional groups attached to an aromatic ring is 2. The maximum Gasteiger partial charge on any atom is 0.330 e. The number of rotatable bonds is 5. The lowest BCUT2D eigenvalue weighted by atomic mass is 10.2. The summed E-state index contributed by atoms with van der Waals surface area (Å²) < 4.78 is 13.1. The Bertz CT molecular complexity index is 2020. The molecule has 0 bridgehead atoms. The van der Waals surface area contributed by atoms with Crippen molar-refractivity contribution in [2.75, 3.05) is 16.8 Å². The number of aromatic amines is 1. The third kappa shape index (κ3) is 6.55. The molecule has 0 spiro atoms. The molecule has 4 aromatic heterocycles. The van der Waals surface area contributed by atoms with Crippen LogP contribution in [-0.4, -0.2) is 25.6 Å². The lowest BCUT2D eigenvalue weighted by Crippen LogP contribution is -2.18. The van der Waals surface area contributed by atoms with Gasteiger partial charge in [0, 0.05) is 58.9 Å². The number of H-pyrrole nitrogens is 1. The van der Waals surface area contributed by atoms with E-state index in [-0.39, 0.29) is 6.03 Å². The number of aromatic nitrogens is 4. The van der Waals surface area contributed by atoms with Crippen LogP contribution >= 0.6 is 0 Å². The second-order valence-electron chi connectivity index (χ2n) is 9.47. The maximum absolute atomic E-state index is 12.5. The molecular formula is C33H27N7O3. The number of ether oxygens (including phenoxy) is 2. The molecule has 7 aromatic rings. The minimum atomic E-state index is -0.221. The Balaban J connectivity index is 0.000000167. The maximum atomic E-state index is 12.5. The monoisotopic (exact) mass is 569 g/mol. The van der Waals surface area contributed by atoms with Gasteiger partial charge in [-0.3, -0.25) is 4.57 Å². The van der Waals surface area contributed by atoms with E-state index in [0.29, 0.717) is 28.9 Å². The number of benzene rings is 3. The summed E-state index contributed by atoms with van der Waals surface area (Å²) in [6, 6.07) is 31.2. The van der Waals surface area contributed by atoms with Crippen LogP contribution in [0.4, 0.5) is 22.1 Å². The van der Waals surface area contributed by atoms with E-state index >= 15 is 0 Å². The van der Waals surface area contributed by atoms with Crippen LogP contribution in [0.1, 0.15) is 0 Å². The SMILES string of the molecule is Nc1cc(Oc2ccc3[nH]ccc3c2)ccn1.Nc1cc(Oc2ccc3c(ccn3C(=O)Nc3ccccc3)c2)ccn1. The van der Waals surface area contributed by atoms with Crippen molar-refractivity contribution in [3.63, 3.8) is 0 Å². The highest BCUT2D eigenvalue weighted by Crippen LogP contribution is 2.28. The van der Waals surface area contributed by atoms with Gasteiger partial charge in [-0.2, -0.15) is 0 Å². The Hall–Kier alpha value is -6.29. The third-order valence-corrected chi connectivity index (χ3v) is 6.41. The van der Waals surface area contributed by atoms with Gasteiger partial charge >= 0.3 is 6.03 Å². The van der Waals surface area contributed by atoms with Crippen LogP contribution in [0.25, 0.3) is 21.8 Å². The highest BCUT2D eigenvalue weighted by Gasteiger charge is 2.10. The summed E-state index contributed by atoms with van der Waals surface area (Å²) in [6.07, 6.45) is 6.85. The third-order valence-electron chi connectivity index (χ3n) is 6.41. The number of carbonyl (C=O) groups is 1. The molecule has 0 atom stereocenters. The van der Waals surface area contributed by atoms with Gasteiger partial charge in [-0.1, -0.05) is 18.2 Å². The largest absolute Gasteiger partial charge is 0.457 e. The Labute approximate surface area is 246 Å². The molecule has 4 heterocycles. The van der Waals surface area contributed by atoms with Gasteiger partial charge in [0.05, 0.1) is 5.52 Å². The van der Waals surface area contributed by atoms with E-state index in [1.165, 1.54) is 0 Å². The van der Waals surface area contributed by atoms with E-state index in [0.717, 1.165) is 33.2 Å². The number of pyridine rings is 2. The molecule has 0 aliphatic rings. The number of anilines is 3. The summed E-state index contributed by atoms with van der Waals surface area (Å²) in [7, 11) is 0. The first-order chi connectivity index (χ1) is 21.0. The lowest BCUT2D eigenvalue weighted by Gasteiger charge is -2.08. The molecule has 0 saturated carbocycles. The minimum Gasteiger partial charge on any atom is -0.457 e. The van der Waals surface area contributed by atoms with E-state index < -0.39 is 0 Å². The molecule has 6 N–H and O–H groups in total. The Morgan fingerprint density at radius 1 is 0.698 bits per heavy atom. The summed E-state index contributed by atoms with van der Waals surface area (Å²) in [5, 5.41) is 4.88. The van der Waals surface area contributed by atoms with E-state index in [2.05, 4.69) is 20.3 Å². The fourth-order valence-electron chi connectivity index (χ4n) is 4.42. The van der Waals surface area contributed by atoms with Crippen molar-refractivity contribution in [3.05, 3.63) is 128 Å². The number of para-hydroxylation sites is 1. The van der Waals surface area contributed by atoms with Gasteiger partial charge in [0.25, 0.3) is 0 Å². The highest BCUT2D eigenvalue weighted by atomic mass is 16.5. The lowest BCUT2D eigenvalue weighted by molar-refractivity contribution is 0.254. The summed E-state index contributed by atoms with van der Waals surface area (Å²) in [6.45, 7) is 0. The average molecular weight is 570 g/mol. The summed E-state index contributed by atoms with van der Waals surface area (Å²) >= 11 is 0. The Kier molecular flexibility index (Phi) is 7.55. The van der Waals surface area contributed by atoms with Crippen molar-refractivity contribution >= 4 is 45.2 Å². The fourth-order valence-corrected chi connectivity index (χ4v) is 4.42. The van der Waals surface area contributed by atoms with Gasteiger partial charge in [0.15, 0.2) is 0 Å². The van der Waals surface area contributed by atoms with Gasteiger partial charge in [-0.05, 0) is 72.8 Å². The fraction of sp³-hybridized carbons (Fsp3) is 0. The van der Waals surface area contributed by atoms with Crippen LogP contribution in [0.2, 0.25) is 0 Å². The van der Waals surface area contributed by atoms with E-state index in [9.17, 15) is 4.79 Å². The molecule has 0 saturated heterocycles. The van der Waals surface area contributed by atoms with E-state index in [4.69, 9.17) is 20.9 Å². The predicted molar refractivity (Wildman–Crippen MR) is 169 cm³/mol. The molecular weight excluding hydrogens is 542 g/mol. The average Bonchev–Trinajstić information content (AvgIpc) is 3.65. The van der Waals surface area contributed by atoms with E-state index in [1.54, 1.807) is 47.4 Å². The molecule has 212 valence electrons. The zero-order valence-electron chi connectivity index (χ0n) is 22.8. The molecule has 10 heteroatoms. The highest BCUT2D eigenvalue weighted by molar-refractivity contribution is 5.98. The number of nitrogens with two attached hydrogens (primary N) is 2. The number of nitrogens with zero attached hydrogens (tertiary/aromatic N) is 3. The molecule has 10 nitrogen and oxygen atoms in total. The van der Waals surface area contributed by atoms with Crippen molar-refractivity contribution in [1.82, 2.24) is 19.5 Å². The van der Waals surface area contributed by atoms with Gasteiger partial charge in [-0.25, -0.2) is 14.8 Å². The van der Waals surface area contributed by atoms with Crippen molar-refractivity contribution in [3.8, 4) is 23.0 Å². The molecule has 0 radical (unpaired) electrons. The molecule has 0 unspecified atom stereocenters. The first-order valence-corrected chi connectivity index (χ1v) is 13.3. The molecule has 1 amide bonds. The van der Waals surface area contributed by atoms with Gasteiger partial charge in [-0.15, -0.1) is 0 Å². The standard InChI is InChI=1S/C20H16N4O2.C13H11N3O/c21-19-13-17(8-10-22-19)26-16-6-7-18-14(12-16)9-11-24(18)20(25)23-15-4-2-1-3-5-15;14-13-8-11(4-6-16-13)17-10-1-2-12-9(7-10)3-5-15-12/h1-13H,(H2,21,22)(H,23,25);1-8,15H,(H2,14,16). The molecule has 0 aliphatic heterocycles. The smallest absolute Gasteiger partial charge is 0.330 e. The van der Waals surface area contributed by atoms with Crippen molar-refractivity contribution < 1.29 is 14.3 Å². The summed E-state index contributed by atoms with van der Waals surface area (Å²) in [5.41, 5.74) is 13.9. The quantitative estimate of drug-likeness (QED) is 0.169. The number of nitrogens with one attached hydrogen (secondary N) is 2. The number of carbonyl (C=O) groups excluding carboxylic acids is 1. The molecule has 0 aliphatic carbocycles. The molecule has 7 rings (SSSR count). The number of hydrogen-bond donors (Lipinski definition) is 4. The van der Waals surface area contributed by atoms with Crippen LogP contribution in [0.5, 0.6) is 23.0 Å². The zero-order chi connectivity index (χ0) is 29.6. The van der Waals surface area contributed by atoms with Gasteiger partial charge < -0.3 is 31.2 Å². The normalized spacial score (nSPS) is 10.6. The number of amides is 1. The summed E-state index contributed by atoms with van der Waals surface area (Å²) in [5.74, 6) is 3.58. The van der Waals surface area contributed by atoms with Crippen LogP contribution < -0.4 is 26.3 Å². The first-order valence-electron chi connectivity index (χ1n) is 13.3. The van der Waals surface area contributed by atoms with Crippen LogP contribution in [0.3, 0.4) is 0 Å². The number of hydrogen-bond acceptors (Lipinski definition) is 7. The number of fused-ring (bicyclic) bond motifs is 2. The van der Waals surface area contributed by atoms with Crippen molar-refractivity contribution in [1.29, 1.82) is 0 Å². The zero-order valence-corrected chi connectivity index (χ0v) is 22.8. The Morgan fingerprint density at radius 3 is 2.00 bits per heavy atom. The van der Waals surface area contributed by atoms with Crippen molar-refractivity contribution in [2.45, 2.75) is 0 Å². The van der Waals surface area contributed by atoms with Gasteiger partial charge in [0.1, 0.15) is 34.6 Å². The van der Waals surface area contributed by atoms with Gasteiger partial charge in [0.2, 0.25) is 0 Å². The van der Waals surface area contributed by atoms with E-state index in [1.807, 2.05) is 85.1 Å². The summed E-state index contributed by atoms with van der Waals surface area (Å²) in [4.78, 5) is 23.5.